The van der Waals surface area contributed by atoms with Gasteiger partial charge in [-0.1, -0.05) is 26.7 Å². The molecular weight excluding hydrogens is 174 g/mol. The molecule has 0 aliphatic heterocycles. The summed E-state index contributed by atoms with van der Waals surface area (Å²) in [6, 6.07) is 0.367. The van der Waals surface area contributed by atoms with E-state index >= 15 is 0 Å². The topological polar surface area (TPSA) is 35.2 Å². The summed E-state index contributed by atoms with van der Waals surface area (Å²) in [7, 11) is 1.76. The van der Waals surface area contributed by atoms with E-state index in [4.69, 9.17) is 10.5 Å². The van der Waals surface area contributed by atoms with Gasteiger partial charge < -0.3 is 10.5 Å². The fraction of sp³-hybridized carbons (Fsp3) is 1.00. The first-order valence-corrected chi connectivity index (χ1v) is 5.84. The standard InChI is InChI=1S/C12H27NO/c1-10(2)6-5-7-12(13)9-8-11(3)14-4/h10-12H,5-9,13H2,1-4H3. The second kappa shape index (κ2) is 8.25. The summed E-state index contributed by atoms with van der Waals surface area (Å²) < 4.78 is 5.19. The smallest absolute Gasteiger partial charge is 0.0543 e. The monoisotopic (exact) mass is 201 g/mol. The van der Waals surface area contributed by atoms with Crippen molar-refractivity contribution in [2.45, 2.75) is 65.0 Å². The summed E-state index contributed by atoms with van der Waals surface area (Å²) in [5, 5.41) is 0. The van der Waals surface area contributed by atoms with Crippen molar-refractivity contribution in [2.75, 3.05) is 7.11 Å². The zero-order valence-corrected chi connectivity index (χ0v) is 10.3. The van der Waals surface area contributed by atoms with E-state index in [1.54, 1.807) is 7.11 Å². The molecule has 0 saturated carbocycles. The molecule has 0 aromatic carbocycles. The van der Waals surface area contributed by atoms with Gasteiger partial charge in [0.05, 0.1) is 6.10 Å². The molecule has 0 aromatic rings. The summed E-state index contributed by atoms with van der Waals surface area (Å²) in [6.07, 6.45) is 6.25. The van der Waals surface area contributed by atoms with Gasteiger partial charge in [0.1, 0.15) is 0 Å². The van der Waals surface area contributed by atoms with Gasteiger partial charge in [0, 0.05) is 13.2 Å². The highest BCUT2D eigenvalue weighted by Crippen LogP contribution is 2.11. The Morgan fingerprint density at radius 2 is 1.64 bits per heavy atom. The van der Waals surface area contributed by atoms with Gasteiger partial charge in [0.25, 0.3) is 0 Å². The second-order valence-electron chi connectivity index (χ2n) is 4.71. The number of hydrogen-bond acceptors (Lipinski definition) is 2. The average molecular weight is 201 g/mol. The number of methoxy groups -OCH3 is 1. The van der Waals surface area contributed by atoms with E-state index in [0.717, 1.165) is 25.2 Å². The van der Waals surface area contributed by atoms with Gasteiger partial charge in [-0.2, -0.15) is 0 Å². The largest absolute Gasteiger partial charge is 0.382 e. The molecule has 2 nitrogen and oxygen atoms in total. The first-order chi connectivity index (χ1) is 6.56. The lowest BCUT2D eigenvalue weighted by Crippen LogP contribution is -2.22. The first-order valence-electron chi connectivity index (χ1n) is 5.84. The third-order valence-corrected chi connectivity index (χ3v) is 2.70. The normalized spacial score (nSPS) is 15.9. The van der Waals surface area contributed by atoms with Crippen molar-refractivity contribution in [2.24, 2.45) is 11.7 Å². The molecule has 2 unspecified atom stereocenters. The van der Waals surface area contributed by atoms with E-state index < -0.39 is 0 Å². The molecule has 2 heteroatoms. The molecule has 0 rings (SSSR count). The van der Waals surface area contributed by atoms with E-state index in [0.29, 0.717) is 12.1 Å². The lowest BCUT2D eigenvalue weighted by Gasteiger charge is -2.15. The van der Waals surface area contributed by atoms with Crippen molar-refractivity contribution in [3.05, 3.63) is 0 Å². The Bertz CT molecular complexity index is 125. The van der Waals surface area contributed by atoms with Gasteiger partial charge in [-0.15, -0.1) is 0 Å². The Morgan fingerprint density at radius 3 is 2.14 bits per heavy atom. The predicted octanol–water partition coefficient (Wildman–Crippen LogP) is 2.96. The van der Waals surface area contributed by atoms with Crippen molar-refractivity contribution < 1.29 is 4.74 Å². The lowest BCUT2D eigenvalue weighted by molar-refractivity contribution is 0.107. The highest BCUT2D eigenvalue weighted by molar-refractivity contribution is 4.64. The molecule has 0 fully saturated rings. The number of nitrogens with two attached hydrogens (primary N) is 1. The summed E-state index contributed by atoms with van der Waals surface area (Å²) in [5.74, 6) is 0.806. The molecule has 0 heterocycles. The Labute approximate surface area is 89.2 Å². The fourth-order valence-corrected chi connectivity index (χ4v) is 1.50. The van der Waals surface area contributed by atoms with Crippen molar-refractivity contribution in [3.63, 3.8) is 0 Å². The van der Waals surface area contributed by atoms with Crippen LogP contribution >= 0.6 is 0 Å². The van der Waals surface area contributed by atoms with Crippen LogP contribution in [0.1, 0.15) is 52.9 Å². The van der Waals surface area contributed by atoms with Crippen LogP contribution in [-0.4, -0.2) is 19.3 Å². The van der Waals surface area contributed by atoms with Crippen molar-refractivity contribution in [3.8, 4) is 0 Å². The summed E-state index contributed by atoms with van der Waals surface area (Å²) >= 11 is 0. The maximum absolute atomic E-state index is 6.01. The Kier molecular flexibility index (Phi) is 8.20. The Morgan fingerprint density at radius 1 is 1.00 bits per heavy atom. The Hall–Kier alpha value is -0.0800. The molecule has 14 heavy (non-hydrogen) atoms. The molecule has 0 radical (unpaired) electrons. The summed E-state index contributed by atoms with van der Waals surface area (Å²) in [4.78, 5) is 0. The SMILES string of the molecule is COC(C)CCC(N)CCCC(C)C. The van der Waals surface area contributed by atoms with Crippen molar-refractivity contribution in [1.82, 2.24) is 0 Å². The summed E-state index contributed by atoms with van der Waals surface area (Å²) in [5.41, 5.74) is 6.01. The number of hydrogen-bond donors (Lipinski definition) is 1. The molecule has 0 spiro atoms. The molecular formula is C12H27NO. The van der Waals surface area contributed by atoms with Gasteiger partial charge in [-0.25, -0.2) is 0 Å². The fourth-order valence-electron chi connectivity index (χ4n) is 1.50. The molecule has 0 aliphatic rings. The van der Waals surface area contributed by atoms with Crippen molar-refractivity contribution >= 4 is 0 Å². The molecule has 2 N–H and O–H groups in total. The minimum atomic E-state index is 0.353. The third kappa shape index (κ3) is 8.52. The van der Waals surface area contributed by atoms with Gasteiger partial charge in [0.15, 0.2) is 0 Å². The molecule has 0 bridgehead atoms. The van der Waals surface area contributed by atoms with Crippen LogP contribution in [0.25, 0.3) is 0 Å². The number of ether oxygens (including phenoxy) is 1. The average Bonchev–Trinajstić information content (AvgIpc) is 2.13. The lowest BCUT2D eigenvalue weighted by atomic mass is 10.00. The van der Waals surface area contributed by atoms with Crippen LogP contribution in [0.4, 0.5) is 0 Å². The van der Waals surface area contributed by atoms with E-state index in [9.17, 15) is 0 Å². The Balaban J connectivity index is 3.32. The number of rotatable bonds is 8. The minimum absolute atomic E-state index is 0.353. The van der Waals surface area contributed by atoms with Crippen LogP contribution < -0.4 is 5.73 Å². The van der Waals surface area contributed by atoms with Crippen LogP contribution in [0.5, 0.6) is 0 Å². The summed E-state index contributed by atoms with van der Waals surface area (Å²) in [6.45, 7) is 6.62. The van der Waals surface area contributed by atoms with Gasteiger partial charge in [-0.3, -0.25) is 0 Å². The van der Waals surface area contributed by atoms with Crippen LogP contribution in [0, 0.1) is 5.92 Å². The molecule has 0 amide bonds. The van der Waals surface area contributed by atoms with E-state index in [2.05, 4.69) is 20.8 Å². The highest BCUT2D eigenvalue weighted by Gasteiger charge is 2.06. The minimum Gasteiger partial charge on any atom is -0.382 e. The zero-order valence-electron chi connectivity index (χ0n) is 10.3. The third-order valence-electron chi connectivity index (χ3n) is 2.70. The molecule has 0 aliphatic carbocycles. The van der Waals surface area contributed by atoms with Gasteiger partial charge >= 0.3 is 0 Å². The second-order valence-corrected chi connectivity index (χ2v) is 4.71. The van der Waals surface area contributed by atoms with Crippen LogP contribution in [-0.2, 0) is 4.74 Å². The van der Waals surface area contributed by atoms with Gasteiger partial charge in [0.2, 0.25) is 0 Å². The zero-order chi connectivity index (χ0) is 11.0. The highest BCUT2D eigenvalue weighted by atomic mass is 16.5. The maximum Gasteiger partial charge on any atom is 0.0543 e. The van der Waals surface area contributed by atoms with Gasteiger partial charge in [-0.05, 0) is 32.1 Å². The molecule has 86 valence electrons. The predicted molar refractivity (Wildman–Crippen MR) is 62.4 cm³/mol. The van der Waals surface area contributed by atoms with E-state index in [-0.39, 0.29) is 0 Å². The molecule has 0 aromatic heterocycles. The van der Waals surface area contributed by atoms with Crippen molar-refractivity contribution in [1.29, 1.82) is 0 Å². The van der Waals surface area contributed by atoms with Crippen LogP contribution in [0.3, 0.4) is 0 Å². The molecule has 0 saturated heterocycles. The van der Waals surface area contributed by atoms with E-state index in [1.165, 1.54) is 12.8 Å². The van der Waals surface area contributed by atoms with Crippen LogP contribution in [0.2, 0.25) is 0 Å². The molecule has 2 atom stereocenters. The maximum atomic E-state index is 6.01. The first kappa shape index (κ1) is 13.9. The van der Waals surface area contributed by atoms with E-state index in [1.807, 2.05) is 0 Å². The van der Waals surface area contributed by atoms with Crippen LogP contribution in [0.15, 0.2) is 0 Å². The quantitative estimate of drug-likeness (QED) is 0.655.